The molecule has 0 saturated heterocycles. The number of nitrogens with one attached hydrogen (secondary N) is 1. The molecule has 0 bridgehead atoms. The van der Waals surface area contributed by atoms with E-state index in [1.165, 1.54) is 4.88 Å². The second-order valence-corrected chi connectivity index (χ2v) is 7.64. The van der Waals surface area contributed by atoms with Crippen LogP contribution >= 0.6 is 11.3 Å². The summed E-state index contributed by atoms with van der Waals surface area (Å²) < 4.78 is 1.95. The second kappa shape index (κ2) is 7.90. The quantitative estimate of drug-likeness (QED) is 0.892. The van der Waals surface area contributed by atoms with E-state index in [0.717, 1.165) is 37.3 Å². The number of hydrogen-bond donors (Lipinski definition) is 1. The van der Waals surface area contributed by atoms with Crippen molar-refractivity contribution >= 4 is 23.3 Å². The van der Waals surface area contributed by atoms with Crippen LogP contribution in [0.5, 0.6) is 0 Å². The Balaban J connectivity index is 1.63. The summed E-state index contributed by atoms with van der Waals surface area (Å²) >= 11 is 1.61. The van der Waals surface area contributed by atoms with Crippen molar-refractivity contribution in [2.75, 3.05) is 20.6 Å². The van der Waals surface area contributed by atoms with Crippen LogP contribution in [0.25, 0.3) is 0 Å². The first kappa shape index (κ1) is 18.4. The van der Waals surface area contributed by atoms with Gasteiger partial charge in [0.25, 0.3) is 5.91 Å². The molecule has 0 saturated carbocycles. The van der Waals surface area contributed by atoms with E-state index in [0.29, 0.717) is 18.7 Å². The molecule has 1 N–H and O–H groups in total. The third-order valence-corrected chi connectivity index (χ3v) is 5.49. The van der Waals surface area contributed by atoms with Crippen molar-refractivity contribution in [1.29, 1.82) is 0 Å². The smallest absolute Gasteiger partial charge is 0.319 e. The fourth-order valence-electron chi connectivity index (χ4n) is 3.01. The standard InChI is InChI=1S/C18H25N5O2S/c1-4-16-8-13(12-26-16)17(24)19-10-14-9-15-11-22(18(25)21(2)3)6-5-7-23(15)20-14/h8-9,12H,4-7,10-11H2,1-3H3,(H,19,24). The number of urea groups is 1. The van der Waals surface area contributed by atoms with Crippen molar-refractivity contribution in [2.24, 2.45) is 0 Å². The minimum atomic E-state index is -0.0754. The number of carbonyl (C=O) groups excluding carboxylic acids is 2. The van der Waals surface area contributed by atoms with Crippen molar-refractivity contribution in [1.82, 2.24) is 24.9 Å². The summed E-state index contributed by atoms with van der Waals surface area (Å²) in [4.78, 5) is 29.1. The second-order valence-electron chi connectivity index (χ2n) is 6.64. The highest BCUT2D eigenvalue weighted by molar-refractivity contribution is 7.10. The molecule has 3 amide bonds. The molecule has 0 aliphatic carbocycles. The number of thiophene rings is 1. The summed E-state index contributed by atoms with van der Waals surface area (Å²) in [6.07, 6.45) is 1.81. The van der Waals surface area contributed by atoms with Crippen molar-refractivity contribution in [2.45, 2.75) is 39.4 Å². The number of carbonyl (C=O) groups is 2. The summed E-state index contributed by atoms with van der Waals surface area (Å²) in [5.74, 6) is -0.0754. The molecule has 1 aliphatic rings. The fraction of sp³-hybridized carbons (Fsp3) is 0.500. The van der Waals surface area contributed by atoms with Gasteiger partial charge in [-0.15, -0.1) is 11.3 Å². The van der Waals surface area contributed by atoms with Gasteiger partial charge in [-0.25, -0.2) is 4.79 Å². The average Bonchev–Trinajstić information content (AvgIpc) is 3.21. The Bertz CT molecular complexity index is 795. The topological polar surface area (TPSA) is 70.5 Å². The monoisotopic (exact) mass is 375 g/mol. The molecule has 0 radical (unpaired) electrons. The van der Waals surface area contributed by atoms with Gasteiger partial charge in [0.15, 0.2) is 0 Å². The molecule has 3 rings (SSSR count). The molecule has 8 heteroatoms. The van der Waals surface area contributed by atoms with Crippen molar-refractivity contribution in [3.05, 3.63) is 39.3 Å². The Morgan fingerprint density at radius 1 is 1.31 bits per heavy atom. The van der Waals surface area contributed by atoms with Crippen LogP contribution in [0.1, 0.15) is 40.0 Å². The highest BCUT2D eigenvalue weighted by Crippen LogP contribution is 2.17. The molecule has 0 spiro atoms. The predicted octanol–water partition coefficient (Wildman–Crippen LogP) is 2.32. The van der Waals surface area contributed by atoms with Gasteiger partial charge < -0.3 is 15.1 Å². The molecule has 1 aliphatic heterocycles. The molecule has 2 aromatic heterocycles. The summed E-state index contributed by atoms with van der Waals surface area (Å²) in [7, 11) is 3.53. The number of nitrogens with zero attached hydrogens (tertiary/aromatic N) is 4. The molecule has 0 fully saturated rings. The number of amides is 3. The van der Waals surface area contributed by atoms with E-state index < -0.39 is 0 Å². The molecule has 0 aromatic carbocycles. The Morgan fingerprint density at radius 3 is 2.81 bits per heavy atom. The molecule has 140 valence electrons. The summed E-state index contributed by atoms with van der Waals surface area (Å²) in [5.41, 5.74) is 2.53. The van der Waals surface area contributed by atoms with Gasteiger partial charge in [0, 0.05) is 37.4 Å². The molecule has 26 heavy (non-hydrogen) atoms. The fourth-order valence-corrected chi connectivity index (χ4v) is 3.83. The average molecular weight is 375 g/mol. The Hall–Kier alpha value is -2.35. The van der Waals surface area contributed by atoms with Crippen molar-refractivity contribution < 1.29 is 9.59 Å². The van der Waals surface area contributed by atoms with E-state index in [1.807, 2.05) is 27.1 Å². The lowest BCUT2D eigenvalue weighted by Crippen LogP contribution is -2.38. The van der Waals surface area contributed by atoms with Gasteiger partial charge in [0.05, 0.1) is 30.0 Å². The van der Waals surface area contributed by atoms with Crippen LogP contribution in [0.3, 0.4) is 0 Å². The maximum Gasteiger partial charge on any atom is 0.319 e. The number of hydrogen-bond acceptors (Lipinski definition) is 4. The summed E-state index contributed by atoms with van der Waals surface area (Å²) in [5, 5.41) is 9.41. The molecule has 2 aromatic rings. The van der Waals surface area contributed by atoms with Gasteiger partial charge in [-0.3, -0.25) is 9.48 Å². The van der Waals surface area contributed by atoms with E-state index in [-0.39, 0.29) is 11.9 Å². The zero-order valence-electron chi connectivity index (χ0n) is 15.5. The van der Waals surface area contributed by atoms with E-state index in [2.05, 4.69) is 17.3 Å². The Kier molecular flexibility index (Phi) is 5.61. The third kappa shape index (κ3) is 4.07. The van der Waals surface area contributed by atoms with Gasteiger partial charge in [-0.05, 0) is 25.0 Å². The van der Waals surface area contributed by atoms with Gasteiger partial charge in [-0.1, -0.05) is 6.92 Å². The Labute approximate surface area is 157 Å². The van der Waals surface area contributed by atoms with Crippen LogP contribution in [0.4, 0.5) is 4.79 Å². The van der Waals surface area contributed by atoms with Crippen LogP contribution in [-0.2, 0) is 26.1 Å². The summed E-state index contributed by atoms with van der Waals surface area (Å²) in [6, 6.07) is 3.93. The van der Waals surface area contributed by atoms with Gasteiger partial charge >= 0.3 is 6.03 Å². The first-order chi connectivity index (χ1) is 12.5. The highest BCUT2D eigenvalue weighted by atomic mass is 32.1. The third-order valence-electron chi connectivity index (χ3n) is 4.41. The number of aromatic nitrogens is 2. The van der Waals surface area contributed by atoms with Crippen molar-refractivity contribution in [3.8, 4) is 0 Å². The van der Waals surface area contributed by atoms with E-state index in [9.17, 15) is 9.59 Å². The number of rotatable bonds is 4. The molecular weight excluding hydrogens is 350 g/mol. The largest absolute Gasteiger partial charge is 0.346 e. The Morgan fingerprint density at radius 2 is 2.12 bits per heavy atom. The molecule has 3 heterocycles. The number of aryl methyl sites for hydroxylation is 2. The highest BCUT2D eigenvalue weighted by Gasteiger charge is 2.21. The van der Waals surface area contributed by atoms with Gasteiger partial charge in [-0.2, -0.15) is 5.10 Å². The number of fused-ring (bicyclic) bond motifs is 1. The van der Waals surface area contributed by atoms with Crippen molar-refractivity contribution in [3.63, 3.8) is 0 Å². The van der Waals surface area contributed by atoms with Crippen LogP contribution in [0.15, 0.2) is 17.5 Å². The van der Waals surface area contributed by atoms with Crippen LogP contribution < -0.4 is 5.32 Å². The van der Waals surface area contributed by atoms with Crippen LogP contribution in [0, 0.1) is 0 Å². The maximum atomic E-state index is 12.3. The minimum absolute atomic E-state index is 0.0127. The van der Waals surface area contributed by atoms with E-state index >= 15 is 0 Å². The normalized spacial score (nSPS) is 13.9. The maximum absolute atomic E-state index is 12.3. The molecule has 0 unspecified atom stereocenters. The zero-order chi connectivity index (χ0) is 18.7. The predicted molar refractivity (Wildman–Crippen MR) is 101 cm³/mol. The van der Waals surface area contributed by atoms with Crippen LogP contribution in [-0.4, -0.2) is 52.2 Å². The lowest BCUT2D eigenvalue weighted by Gasteiger charge is -2.23. The molecule has 0 atom stereocenters. The van der Waals surface area contributed by atoms with E-state index in [1.54, 1.807) is 30.3 Å². The minimum Gasteiger partial charge on any atom is -0.346 e. The first-order valence-corrected chi connectivity index (χ1v) is 9.73. The SMILES string of the molecule is CCc1cc(C(=O)NCc2cc3n(n2)CCCN(C(=O)N(C)C)C3)cs1. The lowest BCUT2D eigenvalue weighted by atomic mass is 10.2. The van der Waals surface area contributed by atoms with Gasteiger partial charge in [0.1, 0.15) is 0 Å². The van der Waals surface area contributed by atoms with Gasteiger partial charge in [0.2, 0.25) is 0 Å². The molecular formula is C18H25N5O2S. The first-order valence-electron chi connectivity index (χ1n) is 8.85. The van der Waals surface area contributed by atoms with Crippen LogP contribution in [0.2, 0.25) is 0 Å². The van der Waals surface area contributed by atoms with E-state index in [4.69, 9.17) is 0 Å². The zero-order valence-corrected chi connectivity index (χ0v) is 16.3. The lowest BCUT2D eigenvalue weighted by molar-refractivity contribution is 0.0950. The molecule has 7 nitrogen and oxygen atoms in total. The summed E-state index contributed by atoms with van der Waals surface area (Å²) in [6.45, 7) is 4.52.